The lowest BCUT2D eigenvalue weighted by molar-refractivity contribution is -0.141. The maximum atomic E-state index is 11.8. The second-order valence-corrected chi connectivity index (χ2v) is 4.20. The standard InChI is InChI=1S/C11H17NO4/c1-6(2)8-4-10(14)16-5-9(7(3)13)12-11(8)15/h4,6-7,9,13H,5H2,1-3H3,(H,12,15). The number of rotatable bonds is 2. The molecule has 16 heavy (non-hydrogen) atoms. The molecule has 1 aliphatic heterocycles. The molecule has 0 radical (unpaired) electrons. The molecule has 5 heteroatoms. The molecule has 90 valence electrons. The number of cyclic esters (lactones) is 1. The van der Waals surface area contributed by atoms with Crippen molar-refractivity contribution < 1.29 is 19.4 Å². The van der Waals surface area contributed by atoms with Gasteiger partial charge in [0.05, 0.1) is 12.1 Å². The van der Waals surface area contributed by atoms with E-state index in [0.717, 1.165) is 0 Å². The number of hydrogen-bond donors (Lipinski definition) is 2. The van der Waals surface area contributed by atoms with E-state index in [4.69, 9.17) is 4.74 Å². The molecule has 0 fully saturated rings. The van der Waals surface area contributed by atoms with Crippen LogP contribution in [0.3, 0.4) is 0 Å². The van der Waals surface area contributed by atoms with Gasteiger partial charge >= 0.3 is 5.97 Å². The Balaban J connectivity index is 2.92. The number of carbonyl (C=O) groups excluding carboxylic acids is 2. The summed E-state index contributed by atoms with van der Waals surface area (Å²) >= 11 is 0. The molecule has 0 spiro atoms. The fourth-order valence-corrected chi connectivity index (χ4v) is 1.39. The molecule has 1 heterocycles. The SMILES string of the molecule is CC(C)C1=CC(=O)OCC(C(C)O)NC1=O. The van der Waals surface area contributed by atoms with E-state index < -0.39 is 18.1 Å². The van der Waals surface area contributed by atoms with Crippen molar-refractivity contribution in [3.8, 4) is 0 Å². The zero-order chi connectivity index (χ0) is 12.3. The zero-order valence-corrected chi connectivity index (χ0v) is 9.69. The molecule has 2 atom stereocenters. The lowest BCUT2D eigenvalue weighted by Gasteiger charge is -2.24. The number of ether oxygens (including phenoxy) is 1. The first-order chi connectivity index (χ1) is 7.41. The van der Waals surface area contributed by atoms with Crippen LogP contribution in [0.15, 0.2) is 11.6 Å². The zero-order valence-electron chi connectivity index (χ0n) is 9.69. The van der Waals surface area contributed by atoms with Crippen molar-refractivity contribution in [2.45, 2.75) is 32.9 Å². The van der Waals surface area contributed by atoms with Crippen LogP contribution < -0.4 is 5.32 Å². The van der Waals surface area contributed by atoms with Crippen LogP contribution in [0.2, 0.25) is 0 Å². The van der Waals surface area contributed by atoms with Gasteiger partial charge in [-0.3, -0.25) is 4.79 Å². The van der Waals surface area contributed by atoms with Gasteiger partial charge in [-0.15, -0.1) is 0 Å². The van der Waals surface area contributed by atoms with Crippen LogP contribution >= 0.6 is 0 Å². The van der Waals surface area contributed by atoms with Crippen molar-refractivity contribution in [1.29, 1.82) is 0 Å². The molecule has 0 aromatic carbocycles. The van der Waals surface area contributed by atoms with Crippen molar-refractivity contribution in [3.63, 3.8) is 0 Å². The summed E-state index contributed by atoms with van der Waals surface area (Å²) < 4.78 is 4.90. The molecule has 0 aliphatic carbocycles. The van der Waals surface area contributed by atoms with Crippen LogP contribution in [-0.2, 0) is 14.3 Å². The maximum Gasteiger partial charge on any atom is 0.331 e. The van der Waals surface area contributed by atoms with E-state index in [1.807, 2.05) is 13.8 Å². The van der Waals surface area contributed by atoms with Gasteiger partial charge in [0, 0.05) is 11.6 Å². The predicted molar refractivity (Wildman–Crippen MR) is 57.5 cm³/mol. The summed E-state index contributed by atoms with van der Waals surface area (Å²) in [6.07, 6.45) is 0.446. The number of hydrogen-bond acceptors (Lipinski definition) is 4. The highest BCUT2D eigenvalue weighted by molar-refractivity contribution is 6.00. The molecule has 2 N–H and O–H groups in total. The summed E-state index contributed by atoms with van der Waals surface area (Å²) in [4.78, 5) is 23.1. The monoisotopic (exact) mass is 227 g/mol. The predicted octanol–water partition coefficient (Wildman–Crippen LogP) is -0.00880. The minimum atomic E-state index is -0.761. The Bertz CT molecular complexity index is 320. The van der Waals surface area contributed by atoms with E-state index in [2.05, 4.69) is 5.32 Å². The first-order valence-electron chi connectivity index (χ1n) is 5.29. The summed E-state index contributed by atoms with van der Waals surface area (Å²) in [6.45, 7) is 5.17. The van der Waals surface area contributed by atoms with Crippen LogP contribution in [0.25, 0.3) is 0 Å². The van der Waals surface area contributed by atoms with Gasteiger partial charge in [-0.1, -0.05) is 13.8 Å². The molecule has 2 unspecified atom stereocenters. The van der Waals surface area contributed by atoms with Gasteiger partial charge in [0.2, 0.25) is 5.91 Å². The van der Waals surface area contributed by atoms with Gasteiger partial charge in [-0.2, -0.15) is 0 Å². The largest absolute Gasteiger partial charge is 0.460 e. The van der Waals surface area contributed by atoms with Crippen LogP contribution in [0, 0.1) is 5.92 Å². The Hall–Kier alpha value is -1.36. The second-order valence-electron chi connectivity index (χ2n) is 4.20. The van der Waals surface area contributed by atoms with Gasteiger partial charge in [0.15, 0.2) is 0 Å². The third kappa shape index (κ3) is 3.06. The summed E-state index contributed by atoms with van der Waals surface area (Å²) in [5, 5.41) is 12.0. The maximum absolute atomic E-state index is 11.8. The number of carbonyl (C=O) groups is 2. The van der Waals surface area contributed by atoms with Crippen molar-refractivity contribution in [3.05, 3.63) is 11.6 Å². The van der Waals surface area contributed by atoms with Crippen molar-refractivity contribution in [2.75, 3.05) is 6.61 Å². The highest BCUT2D eigenvalue weighted by Crippen LogP contribution is 2.12. The number of esters is 1. The van der Waals surface area contributed by atoms with Crippen LogP contribution in [0.5, 0.6) is 0 Å². The average molecular weight is 227 g/mol. The van der Waals surface area contributed by atoms with E-state index in [1.165, 1.54) is 6.08 Å². The Labute approximate surface area is 94.5 Å². The molecule has 1 aliphatic rings. The van der Waals surface area contributed by atoms with Gasteiger partial charge < -0.3 is 15.2 Å². The lowest BCUT2D eigenvalue weighted by atomic mass is 10.0. The Morgan fingerprint density at radius 3 is 2.56 bits per heavy atom. The summed E-state index contributed by atoms with van der Waals surface area (Å²) in [5.74, 6) is -0.929. The van der Waals surface area contributed by atoms with E-state index in [9.17, 15) is 14.7 Å². The summed E-state index contributed by atoms with van der Waals surface area (Å²) in [7, 11) is 0. The van der Waals surface area contributed by atoms with E-state index in [0.29, 0.717) is 5.57 Å². The first kappa shape index (κ1) is 12.7. The van der Waals surface area contributed by atoms with Gasteiger partial charge in [-0.05, 0) is 12.8 Å². The Morgan fingerprint density at radius 1 is 1.44 bits per heavy atom. The van der Waals surface area contributed by atoms with Crippen LogP contribution in [0.4, 0.5) is 0 Å². The molecule has 0 aromatic rings. The normalized spacial score (nSPS) is 24.1. The molecule has 1 rings (SSSR count). The third-order valence-electron chi connectivity index (χ3n) is 2.46. The Morgan fingerprint density at radius 2 is 2.06 bits per heavy atom. The quantitative estimate of drug-likeness (QED) is 0.651. The summed E-state index contributed by atoms with van der Waals surface area (Å²) in [6, 6.07) is -0.557. The van der Waals surface area contributed by atoms with Gasteiger partial charge in [0.1, 0.15) is 6.61 Å². The molecule has 0 saturated carbocycles. The van der Waals surface area contributed by atoms with Gasteiger partial charge in [-0.25, -0.2) is 4.79 Å². The molecule has 0 bridgehead atoms. The van der Waals surface area contributed by atoms with E-state index >= 15 is 0 Å². The van der Waals surface area contributed by atoms with Crippen molar-refractivity contribution >= 4 is 11.9 Å². The minimum absolute atomic E-state index is 0.00981. The smallest absolute Gasteiger partial charge is 0.331 e. The third-order valence-corrected chi connectivity index (χ3v) is 2.46. The fourth-order valence-electron chi connectivity index (χ4n) is 1.39. The molecular formula is C11H17NO4. The first-order valence-corrected chi connectivity index (χ1v) is 5.29. The second kappa shape index (κ2) is 5.12. The topological polar surface area (TPSA) is 75.6 Å². The number of aliphatic hydroxyl groups is 1. The number of amides is 1. The highest BCUT2D eigenvalue weighted by Gasteiger charge is 2.25. The van der Waals surface area contributed by atoms with Crippen LogP contribution in [-0.4, -0.2) is 35.7 Å². The molecule has 5 nitrogen and oxygen atoms in total. The fraction of sp³-hybridized carbons (Fsp3) is 0.636. The summed E-state index contributed by atoms with van der Waals surface area (Å²) in [5.41, 5.74) is 0.371. The number of aliphatic hydroxyl groups excluding tert-OH is 1. The van der Waals surface area contributed by atoms with Crippen molar-refractivity contribution in [1.82, 2.24) is 5.32 Å². The Kier molecular flexibility index (Phi) is 4.06. The average Bonchev–Trinajstić information content (AvgIpc) is 2.16. The van der Waals surface area contributed by atoms with E-state index in [1.54, 1.807) is 6.92 Å². The minimum Gasteiger partial charge on any atom is -0.460 e. The molecule has 0 aromatic heterocycles. The molecular weight excluding hydrogens is 210 g/mol. The van der Waals surface area contributed by atoms with Gasteiger partial charge in [0.25, 0.3) is 0 Å². The highest BCUT2D eigenvalue weighted by atomic mass is 16.5. The van der Waals surface area contributed by atoms with Crippen molar-refractivity contribution in [2.24, 2.45) is 5.92 Å². The van der Waals surface area contributed by atoms with Crippen LogP contribution in [0.1, 0.15) is 20.8 Å². The lowest BCUT2D eigenvalue weighted by Crippen LogP contribution is -2.47. The molecule has 1 amide bonds. The number of nitrogens with one attached hydrogen (secondary N) is 1. The molecule has 0 saturated heterocycles. The van der Waals surface area contributed by atoms with E-state index in [-0.39, 0.29) is 18.4 Å².